The largest absolute Gasteiger partial charge is 0.378 e. The number of rotatable bonds is 7. The van der Waals surface area contributed by atoms with Crippen LogP contribution in [0.2, 0.25) is 0 Å². The van der Waals surface area contributed by atoms with Crippen molar-refractivity contribution in [3.63, 3.8) is 0 Å². The molecule has 2 fully saturated rings. The third-order valence-corrected chi connectivity index (χ3v) is 10.9. The number of carbonyl (C=O) groups excluding carboxylic acids is 3. The number of nitrogens with one attached hydrogen (secondary N) is 2. The summed E-state index contributed by atoms with van der Waals surface area (Å²) in [7, 11) is 0. The number of hydrogen-bond acceptors (Lipinski definition) is 8. The number of morpholine rings is 1. The standard InChI is InChI=1S/C32H33N5O4S2/c1-32(30(40)34-31-36-35-28(43-31)27(38)33-22-11-12-22)18-25-23(26(32)20-5-3-2-4-6-20)17-24(42-25)19-7-9-21(10-8-19)29(39)37-13-15-41-16-14-37/h2-5,7-10,17,20,22,26H,6,11-16,18H2,1H3,(H,33,38)(H,34,36,40)/t20?,26-,32+/m1/s1. The van der Waals surface area contributed by atoms with Gasteiger partial charge in [-0.2, -0.15) is 0 Å². The van der Waals surface area contributed by atoms with Gasteiger partial charge in [0.25, 0.3) is 11.8 Å². The Morgan fingerprint density at radius 2 is 1.84 bits per heavy atom. The van der Waals surface area contributed by atoms with Crippen LogP contribution in [0.5, 0.6) is 0 Å². The lowest BCUT2D eigenvalue weighted by Crippen LogP contribution is -2.40. The Morgan fingerprint density at radius 3 is 2.56 bits per heavy atom. The monoisotopic (exact) mass is 615 g/mol. The summed E-state index contributed by atoms with van der Waals surface area (Å²) in [5.41, 5.74) is 2.25. The molecule has 11 heteroatoms. The van der Waals surface area contributed by atoms with Crippen LogP contribution >= 0.6 is 22.7 Å². The fourth-order valence-electron chi connectivity index (χ4n) is 6.35. The van der Waals surface area contributed by atoms with E-state index in [0.717, 1.165) is 41.0 Å². The molecule has 222 valence electrons. The van der Waals surface area contributed by atoms with Gasteiger partial charge >= 0.3 is 0 Å². The van der Waals surface area contributed by atoms with Crippen molar-refractivity contribution in [1.29, 1.82) is 0 Å². The fraction of sp³-hybridized carbons (Fsp3) is 0.406. The first-order valence-corrected chi connectivity index (χ1v) is 16.4. The highest BCUT2D eigenvalue weighted by Crippen LogP contribution is 2.56. The second-order valence-corrected chi connectivity index (χ2v) is 14.0. The van der Waals surface area contributed by atoms with Crippen molar-refractivity contribution >= 4 is 45.5 Å². The maximum atomic E-state index is 14.0. The van der Waals surface area contributed by atoms with Crippen molar-refractivity contribution < 1.29 is 19.1 Å². The molecule has 0 bridgehead atoms. The molecule has 3 aliphatic carbocycles. The van der Waals surface area contributed by atoms with Crippen molar-refractivity contribution in [3.05, 3.63) is 75.6 Å². The Kier molecular flexibility index (Phi) is 7.48. The molecular formula is C32H33N5O4S2. The average molecular weight is 616 g/mol. The molecule has 3 atom stereocenters. The van der Waals surface area contributed by atoms with E-state index in [-0.39, 0.29) is 40.6 Å². The van der Waals surface area contributed by atoms with Gasteiger partial charge in [-0.3, -0.25) is 14.4 Å². The summed E-state index contributed by atoms with van der Waals surface area (Å²) < 4.78 is 5.38. The molecule has 1 aliphatic heterocycles. The van der Waals surface area contributed by atoms with E-state index in [1.807, 2.05) is 36.1 Å². The van der Waals surface area contributed by atoms with Crippen molar-refractivity contribution in [2.24, 2.45) is 11.3 Å². The van der Waals surface area contributed by atoms with Gasteiger partial charge in [0, 0.05) is 40.4 Å². The van der Waals surface area contributed by atoms with Crippen LogP contribution in [0, 0.1) is 11.3 Å². The van der Waals surface area contributed by atoms with Crippen LogP contribution in [-0.2, 0) is 16.0 Å². The number of thiophene rings is 1. The molecule has 9 nitrogen and oxygen atoms in total. The van der Waals surface area contributed by atoms with Crippen LogP contribution in [-0.4, -0.2) is 65.2 Å². The lowest BCUT2D eigenvalue weighted by atomic mass is 9.68. The van der Waals surface area contributed by atoms with Crippen molar-refractivity contribution in [1.82, 2.24) is 20.4 Å². The fourth-order valence-corrected chi connectivity index (χ4v) is 8.37. The average Bonchev–Trinajstić information content (AvgIpc) is 3.43. The lowest BCUT2D eigenvalue weighted by Gasteiger charge is -2.35. The molecule has 1 unspecified atom stereocenters. The summed E-state index contributed by atoms with van der Waals surface area (Å²) in [6.45, 7) is 4.43. The van der Waals surface area contributed by atoms with Crippen molar-refractivity contribution in [3.8, 4) is 10.4 Å². The number of anilines is 1. The lowest BCUT2D eigenvalue weighted by molar-refractivity contribution is -0.126. The van der Waals surface area contributed by atoms with E-state index in [9.17, 15) is 14.4 Å². The van der Waals surface area contributed by atoms with Crippen LogP contribution in [0.3, 0.4) is 0 Å². The Labute approximate surface area is 258 Å². The Balaban J connectivity index is 1.11. The zero-order valence-electron chi connectivity index (χ0n) is 23.9. The maximum absolute atomic E-state index is 14.0. The van der Waals surface area contributed by atoms with Crippen molar-refractivity contribution in [2.45, 2.75) is 44.6 Å². The van der Waals surface area contributed by atoms with E-state index in [0.29, 0.717) is 43.4 Å². The number of hydrogen-bond donors (Lipinski definition) is 2. The number of allylic oxidation sites excluding steroid dienone is 4. The number of nitrogens with zero attached hydrogens (tertiary/aromatic N) is 3. The number of benzene rings is 1. The van der Waals surface area contributed by atoms with Crippen LogP contribution in [0.25, 0.3) is 10.4 Å². The van der Waals surface area contributed by atoms with Crippen LogP contribution in [0.15, 0.2) is 54.6 Å². The minimum Gasteiger partial charge on any atom is -0.378 e. The molecule has 1 saturated heterocycles. The molecule has 2 aromatic heterocycles. The van der Waals surface area contributed by atoms with Gasteiger partial charge in [0.2, 0.25) is 16.0 Å². The van der Waals surface area contributed by atoms with E-state index in [1.54, 1.807) is 11.3 Å². The first-order chi connectivity index (χ1) is 20.9. The Bertz CT molecular complexity index is 1620. The van der Waals surface area contributed by atoms with Gasteiger partial charge in [0.05, 0.1) is 18.6 Å². The molecule has 3 aromatic rings. The molecule has 0 radical (unpaired) electrons. The number of aromatic nitrogens is 2. The van der Waals surface area contributed by atoms with Crippen LogP contribution in [0.1, 0.15) is 62.7 Å². The minimum atomic E-state index is -0.698. The van der Waals surface area contributed by atoms with Gasteiger partial charge in [0.1, 0.15) is 0 Å². The number of fused-ring (bicyclic) bond motifs is 1. The summed E-state index contributed by atoms with van der Waals surface area (Å²) in [5.74, 6) is -0.165. The number of carbonyl (C=O) groups is 3. The van der Waals surface area contributed by atoms with Crippen LogP contribution < -0.4 is 10.6 Å². The van der Waals surface area contributed by atoms with Gasteiger partial charge in [-0.25, -0.2) is 0 Å². The molecule has 1 saturated carbocycles. The first kappa shape index (κ1) is 28.1. The molecule has 0 spiro atoms. The maximum Gasteiger partial charge on any atom is 0.282 e. The summed E-state index contributed by atoms with van der Waals surface area (Å²) in [5, 5.41) is 14.6. The molecule has 4 aliphatic rings. The third-order valence-electron chi connectivity index (χ3n) is 8.82. The quantitative estimate of drug-likeness (QED) is 0.385. The smallest absolute Gasteiger partial charge is 0.282 e. The van der Waals surface area contributed by atoms with Gasteiger partial charge in [0.15, 0.2) is 0 Å². The normalized spacial score (nSPS) is 24.5. The van der Waals surface area contributed by atoms with E-state index in [4.69, 9.17) is 4.74 Å². The molecule has 2 N–H and O–H groups in total. The predicted octanol–water partition coefficient (Wildman–Crippen LogP) is 5.05. The summed E-state index contributed by atoms with van der Waals surface area (Å²) in [6.07, 6.45) is 11.9. The van der Waals surface area contributed by atoms with Crippen molar-refractivity contribution in [2.75, 3.05) is 31.6 Å². The van der Waals surface area contributed by atoms with Gasteiger partial charge in [-0.1, -0.05) is 47.8 Å². The molecule has 3 heterocycles. The van der Waals surface area contributed by atoms with E-state index >= 15 is 0 Å². The zero-order chi connectivity index (χ0) is 29.6. The summed E-state index contributed by atoms with van der Waals surface area (Å²) in [4.78, 5) is 43.5. The first-order valence-electron chi connectivity index (χ1n) is 14.8. The van der Waals surface area contributed by atoms with E-state index in [2.05, 4.69) is 51.2 Å². The second-order valence-electron chi connectivity index (χ2n) is 11.9. The Hall–Kier alpha value is -3.67. The van der Waals surface area contributed by atoms with E-state index < -0.39 is 5.41 Å². The van der Waals surface area contributed by atoms with E-state index in [1.165, 1.54) is 10.4 Å². The summed E-state index contributed by atoms with van der Waals surface area (Å²) >= 11 is 2.83. The molecule has 3 amide bonds. The topological polar surface area (TPSA) is 114 Å². The number of ether oxygens (including phenoxy) is 1. The highest BCUT2D eigenvalue weighted by atomic mass is 32.1. The highest BCUT2D eigenvalue weighted by molar-refractivity contribution is 7.17. The second kappa shape index (κ2) is 11.4. The minimum absolute atomic E-state index is 0.0265. The zero-order valence-corrected chi connectivity index (χ0v) is 25.5. The molecule has 7 rings (SSSR count). The highest BCUT2D eigenvalue weighted by Gasteiger charge is 2.51. The number of amides is 3. The summed E-state index contributed by atoms with van der Waals surface area (Å²) in [6, 6.07) is 10.3. The predicted molar refractivity (Wildman–Crippen MR) is 166 cm³/mol. The van der Waals surface area contributed by atoms with Gasteiger partial charge < -0.3 is 20.3 Å². The van der Waals surface area contributed by atoms with Gasteiger partial charge in [-0.15, -0.1) is 21.5 Å². The SMILES string of the molecule is C[C@]1(C(=O)Nc2nnc(C(=O)NC3CC3)s2)Cc2sc(-c3ccc(C(=O)N4CCOCC4)cc3)cc2[C@H]1C1C=CC=CC1. The molecule has 1 aromatic carbocycles. The Morgan fingerprint density at radius 1 is 1.05 bits per heavy atom. The van der Waals surface area contributed by atoms with Crippen LogP contribution in [0.4, 0.5) is 5.13 Å². The molecular weight excluding hydrogens is 583 g/mol. The van der Waals surface area contributed by atoms with Gasteiger partial charge in [-0.05, 0) is 67.9 Å². The third kappa shape index (κ3) is 5.57. The molecule has 43 heavy (non-hydrogen) atoms.